The fourth-order valence-corrected chi connectivity index (χ4v) is 1.50. The second kappa shape index (κ2) is 15.6. The Bertz CT molecular complexity index is 280. The minimum absolute atomic E-state index is 0. The maximum atomic E-state index is 11.9. The van der Waals surface area contributed by atoms with Crippen LogP contribution in [0.3, 0.4) is 0 Å². The lowest BCUT2D eigenvalue weighted by atomic mass is 10.2. The van der Waals surface area contributed by atoms with Gasteiger partial charge < -0.3 is 20.1 Å². The van der Waals surface area contributed by atoms with Gasteiger partial charge in [0, 0.05) is 40.3 Å². The summed E-state index contributed by atoms with van der Waals surface area (Å²) in [5.74, 6) is 0.596. The molecule has 0 amide bonds. The monoisotopic (exact) mass is 441 g/mol. The Hall–Kier alpha value is -0.290. The van der Waals surface area contributed by atoms with E-state index in [1.165, 1.54) is 0 Å². The fourth-order valence-electron chi connectivity index (χ4n) is 1.50. The van der Waals surface area contributed by atoms with Gasteiger partial charge in [-0.1, -0.05) is 0 Å². The van der Waals surface area contributed by atoms with Crippen molar-refractivity contribution in [1.82, 2.24) is 10.6 Å². The Morgan fingerprint density at radius 1 is 1.00 bits per heavy atom. The number of hydrogen-bond donors (Lipinski definition) is 2. The average Bonchev–Trinajstić information content (AvgIpc) is 2.42. The van der Waals surface area contributed by atoms with E-state index in [1.807, 2.05) is 0 Å². The van der Waals surface area contributed by atoms with Gasteiger partial charge in [0.15, 0.2) is 5.96 Å². The topological polar surface area (TPSA) is 54.9 Å². The summed E-state index contributed by atoms with van der Waals surface area (Å²) in [6.07, 6.45) is -3.40. The predicted octanol–water partition coefficient (Wildman–Crippen LogP) is 2.56. The molecule has 134 valence electrons. The molecule has 0 heterocycles. The zero-order valence-corrected chi connectivity index (χ0v) is 15.5. The van der Waals surface area contributed by atoms with Crippen molar-refractivity contribution < 1.29 is 22.6 Å². The molecule has 9 heteroatoms. The minimum atomic E-state index is -4.07. The SMILES string of the molecule is CN=C(NCCCCC(F)(F)F)NCCCOCCOC.I. The largest absolute Gasteiger partial charge is 0.389 e. The molecule has 0 saturated heterocycles. The highest BCUT2D eigenvalue weighted by Crippen LogP contribution is 2.21. The number of halogens is 4. The van der Waals surface area contributed by atoms with Gasteiger partial charge in [0.2, 0.25) is 0 Å². The number of aliphatic imine (C=N–C) groups is 1. The first-order valence-corrected chi connectivity index (χ1v) is 7.07. The predicted molar refractivity (Wildman–Crippen MR) is 92.0 cm³/mol. The summed E-state index contributed by atoms with van der Waals surface area (Å²) in [6, 6.07) is 0. The molecular weight excluding hydrogens is 414 g/mol. The van der Waals surface area contributed by atoms with Crippen LogP contribution in [0.15, 0.2) is 4.99 Å². The molecule has 22 heavy (non-hydrogen) atoms. The molecule has 0 aromatic carbocycles. The minimum Gasteiger partial charge on any atom is -0.382 e. The van der Waals surface area contributed by atoms with Crippen LogP contribution in [-0.4, -0.2) is 59.2 Å². The summed E-state index contributed by atoms with van der Waals surface area (Å²) in [6.45, 7) is 2.94. The average molecular weight is 441 g/mol. The smallest absolute Gasteiger partial charge is 0.382 e. The number of hydrogen-bond acceptors (Lipinski definition) is 3. The molecular formula is C13H27F3IN3O2. The summed E-state index contributed by atoms with van der Waals surface area (Å²) in [5.41, 5.74) is 0. The van der Waals surface area contributed by atoms with E-state index < -0.39 is 12.6 Å². The molecule has 0 aromatic heterocycles. The van der Waals surface area contributed by atoms with E-state index in [1.54, 1.807) is 14.2 Å². The van der Waals surface area contributed by atoms with Gasteiger partial charge in [0.05, 0.1) is 13.2 Å². The first kappa shape index (κ1) is 24.0. The second-order valence-electron chi connectivity index (χ2n) is 4.46. The van der Waals surface area contributed by atoms with Crippen molar-refractivity contribution in [3.63, 3.8) is 0 Å². The van der Waals surface area contributed by atoms with E-state index in [-0.39, 0.29) is 30.4 Å². The number of alkyl halides is 3. The number of methoxy groups -OCH3 is 1. The van der Waals surface area contributed by atoms with Crippen LogP contribution in [0, 0.1) is 0 Å². The van der Waals surface area contributed by atoms with Crippen molar-refractivity contribution >= 4 is 29.9 Å². The van der Waals surface area contributed by atoms with Crippen LogP contribution in [0.25, 0.3) is 0 Å². The first-order valence-electron chi connectivity index (χ1n) is 7.07. The van der Waals surface area contributed by atoms with E-state index in [9.17, 15) is 13.2 Å². The van der Waals surface area contributed by atoms with Gasteiger partial charge in [0.1, 0.15) is 0 Å². The molecule has 0 aliphatic heterocycles. The molecule has 5 nitrogen and oxygen atoms in total. The normalized spacial score (nSPS) is 12.0. The van der Waals surface area contributed by atoms with Crippen LogP contribution in [0.5, 0.6) is 0 Å². The molecule has 0 aliphatic rings. The Morgan fingerprint density at radius 3 is 2.18 bits per heavy atom. The molecule has 0 bridgehead atoms. The number of nitrogens with one attached hydrogen (secondary N) is 2. The number of ether oxygens (including phenoxy) is 2. The van der Waals surface area contributed by atoms with Crippen LogP contribution in [-0.2, 0) is 9.47 Å². The van der Waals surface area contributed by atoms with Crippen molar-refractivity contribution in [2.45, 2.75) is 31.9 Å². The molecule has 2 N–H and O–H groups in total. The zero-order chi connectivity index (χ0) is 16.0. The second-order valence-corrected chi connectivity index (χ2v) is 4.46. The van der Waals surface area contributed by atoms with E-state index in [2.05, 4.69) is 15.6 Å². The summed E-state index contributed by atoms with van der Waals surface area (Å²) in [7, 11) is 3.25. The Labute approximate surface area is 147 Å². The van der Waals surface area contributed by atoms with Crippen LogP contribution >= 0.6 is 24.0 Å². The standard InChI is InChI=1S/C13H26F3N3O2.HI/c1-17-12(18-7-4-3-6-13(14,15)16)19-8-5-9-21-11-10-20-2;/h3-11H2,1-2H3,(H2,17,18,19);1H. The highest BCUT2D eigenvalue weighted by atomic mass is 127. The van der Waals surface area contributed by atoms with Crippen molar-refractivity contribution in [2.24, 2.45) is 4.99 Å². The highest BCUT2D eigenvalue weighted by molar-refractivity contribution is 14.0. The molecule has 0 rings (SSSR count). The molecule has 0 unspecified atom stereocenters. The van der Waals surface area contributed by atoms with E-state index in [0.29, 0.717) is 45.3 Å². The van der Waals surface area contributed by atoms with Crippen molar-refractivity contribution in [3.8, 4) is 0 Å². The molecule has 0 aliphatic carbocycles. The van der Waals surface area contributed by atoms with Crippen molar-refractivity contribution in [3.05, 3.63) is 0 Å². The maximum absolute atomic E-state index is 11.9. The molecule has 0 aromatic rings. The lowest BCUT2D eigenvalue weighted by molar-refractivity contribution is -0.135. The van der Waals surface area contributed by atoms with E-state index in [0.717, 1.165) is 6.42 Å². The van der Waals surface area contributed by atoms with Crippen LogP contribution in [0.4, 0.5) is 13.2 Å². The van der Waals surface area contributed by atoms with Gasteiger partial charge in [0.25, 0.3) is 0 Å². The van der Waals surface area contributed by atoms with Crippen molar-refractivity contribution in [1.29, 1.82) is 0 Å². The van der Waals surface area contributed by atoms with Gasteiger partial charge >= 0.3 is 6.18 Å². The van der Waals surface area contributed by atoms with Gasteiger partial charge in [-0.2, -0.15) is 13.2 Å². The number of nitrogens with zero attached hydrogens (tertiary/aromatic N) is 1. The van der Waals surface area contributed by atoms with Crippen LogP contribution in [0.2, 0.25) is 0 Å². The third-order valence-corrected chi connectivity index (χ3v) is 2.59. The van der Waals surface area contributed by atoms with Gasteiger partial charge in [-0.15, -0.1) is 24.0 Å². The van der Waals surface area contributed by atoms with Gasteiger partial charge in [-0.3, -0.25) is 4.99 Å². The summed E-state index contributed by atoms with van der Waals surface area (Å²) in [4.78, 5) is 3.99. The summed E-state index contributed by atoms with van der Waals surface area (Å²) in [5, 5.41) is 6.05. The number of unbranched alkanes of at least 4 members (excludes halogenated alkanes) is 1. The first-order chi connectivity index (χ1) is 9.99. The van der Waals surface area contributed by atoms with E-state index in [4.69, 9.17) is 9.47 Å². The number of guanidine groups is 1. The molecule has 0 fully saturated rings. The van der Waals surface area contributed by atoms with Crippen LogP contribution in [0.1, 0.15) is 25.7 Å². The lowest BCUT2D eigenvalue weighted by Crippen LogP contribution is -2.38. The highest BCUT2D eigenvalue weighted by Gasteiger charge is 2.25. The summed E-state index contributed by atoms with van der Waals surface area (Å²) >= 11 is 0. The lowest BCUT2D eigenvalue weighted by Gasteiger charge is -2.12. The van der Waals surface area contributed by atoms with Crippen molar-refractivity contribution in [2.75, 3.05) is 47.1 Å². The Balaban J connectivity index is 0. The Morgan fingerprint density at radius 2 is 1.64 bits per heavy atom. The number of rotatable bonds is 11. The van der Waals surface area contributed by atoms with Gasteiger partial charge in [-0.05, 0) is 19.3 Å². The molecule has 0 radical (unpaired) electrons. The third kappa shape index (κ3) is 17.8. The molecule has 0 spiro atoms. The molecule has 0 atom stereocenters. The Kier molecular flexibility index (Phi) is 17.0. The zero-order valence-electron chi connectivity index (χ0n) is 13.2. The molecule has 0 saturated carbocycles. The van der Waals surface area contributed by atoms with E-state index >= 15 is 0 Å². The third-order valence-electron chi connectivity index (χ3n) is 2.59. The quantitative estimate of drug-likeness (QED) is 0.224. The summed E-state index contributed by atoms with van der Waals surface area (Å²) < 4.78 is 46.0. The fraction of sp³-hybridized carbons (Fsp3) is 0.923. The van der Waals surface area contributed by atoms with Crippen LogP contribution < -0.4 is 10.6 Å². The van der Waals surface area contributed by atoms with Gasteiger partial charge in [-0.25, -0.2) is 0 Å². The maximum Gasteiger partial charge on any atom is 0.389 e.